The molecule has 22 heavy (non-hydrogen) atoms. The minimum absolute atomic E-state index is 0.0249. The third kappa shape index (κ3) is 5.10. The summed E-state index contributed by atoms with van der Waals surface area (Å²) in [5, 5.41) is 3.23. The van der Waals surface area contributed by atoms with E-state index in [4.69, 9.17) is 11.6 Å². The summed E-state index contributed by atoms with van der Waals surface area (Å²) in [4.78, 5) is 16.2. The lowest BCUT2D eigenvalue weighted by Gasteiger charge is -2.07. The molecule has 0 bridgehead atoms. The third-order valence-corrected chi connectivity index (χ3v) is 3.58. The number of anilines is 1. The number of nitrogens with zero attached hydrogens (tertiary/aromatic N) is 1. The third-order valence-electron chi connectivity index (χ3n) is 2.68. The van der Waals surface area contributed by atoms with Crippen molar-refractivity contribution in [3.8, 4) is 0 Å². The molecule has 0 saturated heterocycles. The van der Waals surface area contributed by atoms with Gasteiger partial charge in [-0.1, -0.05) is 17.7 Å². The van der Waals surface area contributed by atoms with Gasteiger partial charge in [-0.15, -0.1) is 0 Å². The van der Waals surface area contributed by atoms with E-state index in [0.717, 1.165) is 6.26 Å². The maximum absolute atomic E-state index is 12.2. The largest absolute Gasteiger partial charge is 0.322 e. The SMILES string of the molecule is CS(=O)(=O)NCc1cc(C(=O)Nc2cccc(Cl)c2)ccn1. The summed E-state index contributed by atoms with van der Waals surface area (Å²) < 4.78 is 24.5. The second-order valence-corrected chi connectivity index (χ2v) is 6.86. The van der Waals surface area contributed by atoms with Crippen LogP contribution in [-0.2, 0) is 16.6 Å². The molecule has 0 atom stereocenters. The highest BCUT2D eigenvalue weighted by Gasteiger charge is 2.09. The number of halogens is 1. The van der Waals surface area contributed by atoms with Gasteiger partial charge in [-0.25, -0.2) is 13.1 Å². The van der Waals surface area contributed by atoms with Crippen LogP contribution in [0.1, 0.15) is 16.1 Å². The number of aromatic nitrogens is 1. The van der Waals surface area contributed by atoms with Gasteiger partial charge in [0.2, 0.25) is 10.0 Å². The van der Waals surface area contributed by atoms with Gasteiger partial charge < -0.3 is 5.32 Å². The van der Waals surface area contributed by atoms with Gasteiger partial charge in [-0.05, 0) is 30.3 Å². The Hall–Kier alpha value is -1.96. The van der Waals surface area contributed by atoms with E-state index in [9.17, 15) is 13.2 Å². The van der Waals surface area contributed by atoms with Crippen LogP contribution in [0.5, 0.6) is 0 Å². The second kappa shape index (κ2) is 6.87. The Morgan fingerprint density at radius 3 is 2.73 bits per heavy atom. The molecule has 0 aliphatic carbocycles. The predicted octanol–water partition coefficient (Wildman–Crippen LogP) is 2.04. The van der Waals surface area contributed by atoms with E-state index >= 15 is 0 Å². The van der Waals surface area contributed by atoms with Crippen LogP contribution in [0.4, 0.5) is 5.69 Å². The molecule has 2 rings (SSSR count). The highest BCUT2D eigenvalue weighted by molar-refractivity contribution is 7.88. The van der Waals surface area contributed by atoms with Crippen molar-refractivity contribution >= 4 is 33.2 Å². The first-order valence-electron chi connectivity index (χ1n) is 6.30. The van der Waals surface area contributed by atoms with Crippen molar-refractivity contribution in [2.24, 2.45) is 0 Å². The van der Waals surface area contributed by atoms with Gasteiger partial charge in [0, 0.05) is 22.5 Å². The zero-order valence-electron chi connectivity index (χ0n) is 11.7. The first-order chi connectivity index (χ1) is 10.3. The van der Waals surface area contributed by atoms with Crippen molar-refractivity contribution in [2.75, 3.05) is 11.6 Å². The Balaban J connectivity index is 2.10. The number of rotatable bonds is 5. The highest BCUT2D eigenvalue weighted by atomic mass is 35.5. The lowest BCUT2D eigenvalue weighted by Crippen LogP contribution is -2.22. The number of hydrogen-bond acceptors (Lipinski definition) is 4. The summed E-state index contributed by atoms with van der Waals surface area (Å²) in [5.41, 5.74) is 1.40. The standard InChI is InChI=1S/C14H14ClN3O3S/c1-22(20,21)17-9-13-7-10(5-6-16-13)14(19)18-12-4-2-3-11(15)8-12/h2-8,17H,9H2,1H3,(H,18,19). The molecule has 0 radical (unpaired) electrons. The summed E-state index contributed by atoms with van der Waals surface area (Å²) in [6, 6.07) is 9.86. The molecule has 1 heterocycles. The van der Waals surface area contributed by atoms with E-state index in [-0.39, 0.29) is 12.5 Å². The molecule has 0 fully saturated rings. The van der Waals surface area contributed by atoms with E-state index in [1.165, 1.54) is 12.3 Å². The number of carbonyl (C=O) groups is 1. The van der Waals surface area contributed by atoms with Crippen LogP contribution in [0, 0.1) is 0 Å². The average Bonchev–Trinajstić information content (AvgIpc) is 2.45. The van der Waals surface area contributed by atoms with E-state index in [1.807, 2.05) is 0 Å². The van der Waals surface area contributed by atoms with Gasteiger partial charge in [0.05, 0.1) is 18.5 Å². The molecular weight excluding hydrogens is 326 g/mol. The number of nitrogens with one attached hydrogen (secondary N) is 2. The highest BCUT2D eigenvalue weighted by Crippen LogP contribution is 2.16. The molecule has 116 valence electrons. The molecule has 0 aliphatic rings. The molecule has 8 heteroatoms. The Bertz CT molecular complexity index is 793. The van der Waals surface area contributed by atoms with E-state index in [0.29, 0.717) is 22.0 Å². The normalized spacial score (nSPS) is 11.2. The summed E-state index contributed by atoms with van der Waals surface area (Å²) in [6.45, 7) is 0.0249. The zero-order valence-corrected chi connectivity index (χ0v) is 13.3. The minimum atomic E-state index is -3.31. The molecule has 0 unspecified atom stereocenters. The number of sulfonamides is 1. The maximum Gasteiger partial charge on any atom is 0.255 e. The topological polar surface area (TPSA) is 88.2 Å². The quantitative estimate of drug-likeness (QED) is 0.872. The molecule has 1 aromatic carbocycles. The predicted molar refractivity (Wildman–Crippen MR) is 85.3 cm³/mol. The van der Waals surface area contributed by atoms with Crippen LogP contribution in [0.3, 0.4) is 0 Å². The van der Waals surface area contributed by atoms with Gasteiger partial charge >= 0.3 is 0 Å². The minimum Gasteiger partial charge on any atom is -0.322 e. The van der Waals surface area contributed by atoms with Gasteiger partial charge in [-0.2, -0.15) is 0 Å². The van der Waals surface area contributed by atoms with Crippen molar-refractivity contribution in [1.82, 2.24) is 9.71 Å². The van der Waals surface area contributed by atoms with Crippen LogP contribution >= 0.6 is 11.6 Å². The molecule has 1 aromatic heterocycles. The summed E-state index contributed by atoms with van der Waals surface area (Å²) in [5.74, 6) is -0.328. The van der Waals surface area contributed by atoms with Crippen molar-refractivity contribution in [3.05, 3.63) is 58.9 Å². The Morgan fingerprint density at radius 2 is 2.05 bits per heavy atom. The first kappa shape index (κ1) is 16.4. The van der Waals surface area contributed by atoms with Crippen molar-refractivity contribution in [3.63, 3.8) is 0 Å². The van der Waals surface area contributed by atoms with Crippen LogP contribution in [0.25, 0.3) is 0 Å². The maximum atomic E-state index is 12.2. The van der Waals surface area contributed by atoms with Crippen molar-refractivity contribution in [2.45, 2.75) is 6.54 Å². The average molecular weight is 340 g/mol. The van der Waals surface area contributed by atoms with Crippen molar-refractivity contribution < 1.29 is 13.2 Å². The number of carbonyl (C=O) groups excluding carboxylic acids is 1. The molecular formula is C14H14ClN3O3S. The van der Waals surface area contributed by atoms with Gasteiger partial charge in [0.1, 0.15) is 0 Å². The van der Waals surface area contributed by atoms with Crippen LogP contribution in [0.15, 0.2) is 42.6 Å². The molecule has 0 spiro atoms. The Morgan fingerprint density at radius 1 is 1.27 bits per heavy atom. The monoisotopic (exact) mass is 339 g/mol. The lowest BCUT2D eigenvalue weighted by atomic mass is 10.2. The van der Waals surface area contributed by atoms with Gasteiger partial charge in [-0.3, -0.25) is 9.78 Å². The molecule has 6 nitrogen and oxygen atoms in total. The number of hydrogen-bond donors (Lipinski definition) is 2. The summed E-state index contributed by atoms with van der Waals surface area (Å²) in [7, 11) is -3.31. The molecule has 0 saturated carbocycles. The Kier molecular flexibility index (Phi) is 5.12. The number of benzene rings is 1. The van der Waals surface area contributed by atoms with E-state index < -0.39 is 10.0 Å². The van der Waals surface area contributed by atoms with E-state index in [1.54, 1.807) is 30.3 Å². The first-order valence-corrected chi connectivity index (χ1v) is 8.57. The van der Waals surface area contributed by atoms with Gasteiger partial charge in [0.25, 0.3) is 5.91 Å². The second-order valence-electron chi connectivity index (χ2n) is 4.59. The van der Waals surface area contributed by atoms with Crippen LogP contribution in [0.2, 0.25) is 5.02 Å². The van der Waals surface area contributed by atoms with Crippen LogP contribution in [-0.4, -0.2) is 25.6 Å². The zero-order chi connectivity index (χ0) is 16.2. The van der Waals surface area contributed by atoms with Crippen molar-refractivity contribution in [1.29, 1.82) is 0 Å². The molecule has 2 aromatic rings. The summed E-state index contributed by atoms with van der Waals surface area (Å²) in [6.07, 6.45) is 2.51. The fourth-order valence-electron chi connectivity index (χ4n) is 1.69. The molecule has 0 aliphatic heterocycles. The Labute approximate surface area is 133 Å². The number of amides is 1. The molecule has 1 amide bonds. The van der Waals surface area contributed by atoms with E-state index in [2.05, 4.69) is 15.0 Å². The van der Waals surface area contributed by atoms with Crippen LogP contribution < -0.4 is 10.0 Å². The number of pyridine rings is 1. The smallest absolute Gasteiger partial charge is 0.255 e. The van der Waals surface area contributed by atoms with Gasteiger partial charge in [0.15, 0.2) is 0 Å². The summed E-state index contributed by atoms with van der Waals surface area (Å²) >= 11 is 5.86. The lowest BCUT2D eigenvalue weighted by molar-refractivity contribution is 0.102. The fourth-order valence-corrected chi connectivity index (χ4v) is 2.29. The fraction of sp³-hybridized carbons (Fsp3) is 0.143. The molecule has 2 N–H and O–H groups in total.